The maximum atomic E-state index is 12.8. The third-order valence-corrected chi connectivity index (χ3v) is 5.58. The van der Waals surface area contributed by atoms with Crippen molar-refractivity contribution in [2.45, 2.75) is 44.4 Å². The Morgan fingerprint density at radius 1 is 1.04 bits per heavy atom. The average molecular weight is 367 g/mol. The Morgan fingerprint density at radius 2 is 1.63 bits per heavy atom. The van der Waals surface area contributed by atoms with Gasteiger partial charge in [-0.25, -0.2) is 4.79 Å². The lowest BCUT2D eigenvalue weighted by Crippen LogP contribution is -2.36. The minimum Gasteiger partial charge on any atom is -0.496 e. The molecule has 2 aliphatic carbocycles. The van der Waals surface area contributed by atoms with Crippen LogP contribution in [0.2, 0.25) is 0 Å². The van der Waals surface area contributed by atoms with Crippen LogP contribution >= 0.6 is 0 Å². The summed E-state index contributed by atoms with van der Waals surface area (Å²) in [6.07, 6.45) is 4.02. The number of rotatable bonds is 3. The number of methoxy groups -OCH3 is 1. The number of dihydropyridines is 1. The van der Waals surface area contributed by atoms with Gasteiger partial charge in [0.2, 0.25) is 0 Å². The number of allylic oxidation sites excluding steroid dienone is 4. The topological polar surface area (TPSA) is 92.7 Å². The van der Waals surface area contributed by atoms with E-state index in [9.17, 15) is 19.5 Å². The van der Waals surface area contributed by atoms with Gasteiger partial charge in [0.05, 0.1) is 7.11 Å². The van der Waals surface area contributed by atoms with Crippen LogP contribution < -0.4 is 10.1 Å². The molecule has 0 bridgehead atoms. The van der Waals surface area contributed by atoms with Crippen molar-refractivity contribution >= 4 is 17.5 Å². The number of carbonyl (C=O) groups excluding carboxylic acids is 2. The Labute approximate surface area is 156 Å². The zero-order chi connectivity index (χ0) is 19.1. The highest BCUT2D eigenvalue weighted by molar-refractivity contribution is 6.06. The Hall–Kier alpha value is -2.89. The van der Waals surface area contributed by atoms with Crippen LogP contribution in [0.4, 0.5) is 0 Å². The molecule has 27 heavy (non-hydrogen) atoms. The first kappa shape index (κ1) is 17.5. The van der Waals surface area contributed by atoms with E-state index in [1.54, 1.807) is 12.1 Å². The van der Waals surface area contributed by atoms with Crippen LogP contribution in [0.25, 0.3) is 0 Å². The molecule has 1 aromatic carbocycles. The second-order valence-electron chi connectivity index (χ2n) is 7.16. The Balaban J connectivity index is 1.92. The predicted molar refractivity (Wildman–Crippen MR) is 97.6 cm³/mol. The van der Waals surface area contributed by atoms with E-state index in [0.717, 1.165) is 37.1 Å². The minimum absolute atomic E-state index is 0.0318. The molecule has 3 aliphatic rings. The van der Waals surface area contributed by atoms with Crippen LogP contribution in [-0.4, -0.2) is 29.8 Å². The summed E-state index contributed by atoms with van der Waals surface area (Å²) in [4.78, 5) is 37.2. The Kier molecular flexibility index (Phi) is 4.34. The summed E-state index contributed by atoms with van der Waals surface area (Å²) in [5, 5.41) is 12.9. The summed E-state index contributed by atoms with van der Waals surface area (Å²) in [6.45, 7) is 0. The summed E-state index contributed by atoms with van der Waals surface area (Å²) >= 11 is 0. The molecule has 1 aliphatic heterocycles. The molecule has 0 amide bonds. The van der Waals surface area contributed by atoms with Crippen LogP contribution in [-0.2, 0) is 9.59 Å². The fraction of sp³-hybridized carbons (Fsp3) is 0.381. The largest absolute Gasteiger partial charge is 0.496 e. The number of hydrogen-bond acceptors (Lipinski definition) is 5. The van der Waals surface area contributed by atoms with Crippen LogP contribution in [0.15, 0.2) is 40.7 Å². The van der Waals surface area contributed by atoms with Gasteiger partial charge in [0.25, 0.3) is 0 Å². The molecule has 0 saturated carbocycles. The first-order chi connectivity index (χ1) is 13.0. The average Bonchev–Trinajstić information content (AvgIpc) is 2.66. The summed E-state index contributed by atoms with van der Waals surface area (Å²) in [5.74, 6) is -1.27. The number of carboxylic acids is 1. The van der Waals surface area contributed by atoms with Crippen molar-refractivity contribution < 1.29 is 24.2 Å². The monoisotopic (exact) mass is 367 g/mol. The second kappa shape index (κ2) is 6.68. The van der Waals surface area contributed by atoms with Crippen molar-refractivity contribution in [3.8, 4) is 5.75 Å². The molecule has 0 spiro atoms. The van der Waals surface area contributed by atoms with Crippen molar-refractivity contribution in [3.63, 3.8) is 0 Å². The van der Waals surface area contributed by atoms with Gasteiger partial charge in [-0.2, -0.15) is 0 Å². The Morgan fingerprint density at radius 3 is 2.15 bits per heavy atom. The number of nitrogens with one attached hydrogen (secondary N) is 1. The second-order valence-corrected chi connectivity index (χ2v) is 7.16. The maximum Gasteiger partial charge on any atom is 0.339 e. The number of carbonyl (C=O) groups is 3. The number of Topliss-reactive ketones (excluding diaryl/α,β-unsaturated/α-hetero) is 2. The highest BCUT2D eigenvalue weighted by atomic mass is 16.5. The van der Waals surface area contributed by atoms with Crippen molar-refractivity contribution in [3.05, 3.63) is 51.9 Å². The lowest BCUT2D eigenvalue weighted by atomic mass is 9.71. The zero-order valence-corrected chi connectivity index (χ0v) is 15.1. The molecule has 0 aromatic heterocycles. The quantitative estimate of drug-likeness (QED) is 0.853. The molecule has 6 heteroatoms. The van der Waals surface area contributed by atoms with Crippen LogP contribution in [0.1, 0.15) is 60.4 Å². The number of benzene rings is 1. The van der Waals surface area contributed by atoms with E-state index < -0.39 is 11.9 Å². The van der Waals surface area contributed by atoms with Crippen molar-refractivity contribution in [1.29, 1.82) is 0 Å². The van der Waals surface area contributed by atoms with Crippen LogP contribution in [0, 0.1) is 0 Å². The van der Waals surface area contributed by atoms with Gasteiger partial charge in [0.1, 0.15) is 11.3 Å². The molecule has 140 valence electrons. The fourth-order valence-electron chi connectivity index (χ4n) is 4.39. The molecular weight excluding hydrogens is 346 g/mol. The summed E-state index contributed by atoms with van der Waals surface area (Å²) in [5.41, 5.74) is 3.70. The summed E-state index contributed by atoms with van der Waals surface area (Å²) in [7, 11) is 1.42. The third-order valence-electron chi connectivity index (χ3n) is 5.58. The standard InChI is InChI=1S/C21H21NO5/c1-27-17-9-8-11(10-12(17)21(25)26)18-19-13(4-2-6-15(19)23)22-14-5-3-7-16(24)20(14)18/h8-10,18,22H,2-7H2,1H3,(H,25,26). The summed E-state index contributed by atoms with van der Waals surface area (Å²) in [6, 6.07) is 4.90. The molecule has 4 rings (SSSR count). The van der Waals surface area contributed by atoms with Crippen LogP contribution in [0.3, 0.4) is 0 Å². The molecule has 1 aromatic rings. The van der Waals surface area contributed by atoms with Crippen LogP contribution in [0.5, 0.6) is 5.75 Å². The van der Waals surface area contributed by atoms with E-state index in [0.29, 0.717) is 29.6 Å². The SMILES string of the molecule is COc1ccc(C2C3=C(CCCC3=O)NC3=C2C(=O)CCC3)cc1C(=O)O. The van der Waals surface area contributed by atoms with E-state index >= 15 is 0 Å². The number of hydrogen-bond donors (Lipinski definition) is 2. The number of ether oxygens (including phenoxy) is 1. The molecular formula is C21H21NO5. The molecule has 1 heterocycles. The molecule has 0 saturated heterocycles. The predicted octanol–water partition coefficient (Wildman–Crippen LogP) is 3.09. The Bertz CT molecular complexity index is 882. The smallest absolute Gasteiger partial charge is 0.339 e. The molecule has 6 nitrogen and oxygen atoms in total. The normalized spacial score (nSPS) is 20.2. The lowest BCUT2D eigenvalue weighted by molar-refractivity contribution is -0.117. The third kappa shape index (κ3) is 2.85. The van der Waals surface area contributed by atoms with E-state index in [-0.39, 0.29) is 22.9 Å². The van der Waals surface area contributed by atoms with Gasteiger partial charge in [0.15, 0.2) is 11.6 Å². The van der Waals surface area contributed by atoms with Crippen molar-refractivity contribution in [2.24, 2.45) is 0 Å². The molecule has 0 fully saturated rings. The molecule has 0 atom stereocenters. The van der Waals surface area contributed by atoms with E-state index in [2.05, 4.69) is 5.32 Å². The van der Waals surface area contributed by atoms with Gasteiger partial charge in [-0.1, -0.05) is 6.07 Å². The van der Waals surface area contributed by atoms with Gasteiger partial charge >= 0.3 is 5.97 Å². The van der Waals surface area contributed by atoms with Gasteiger partial charge in [0, 0.05) is 41.3 Å². The summed E-state index contributed by atoms with van der Waals surface area (Å²) < 4.78 is 5.15. The molecule has 0 unspecified atom stereocenters. The maximum absolute atomic E-state index is 12.8. The van der Waals surface area contributed by atoms with Gasteiger partial charge in [-0.3, -0.25) is 9.59 Å². The number of carboxylic acid groups (broad SMARTS) is 1. The van der Waals surface area contributed by atoms with E-state index in [4.69, 9.17) is 4.74 Å². The van der Waals surface area contributed by atoms with E-state index in [1.807, 2.05) is 0 Å². The first-order valence-electron chi connectivity index (χ1n) is 9.22. The van der Waals surface area contributed by atoms with Crippen molar-refractivity contribution in [1.82, 2.24) is 5.32 Å². The minimum atomic E-state index is -1.10. The van der Waals surface area contributed by atoms with Crippen molar-refractivity contribution in [2.75, 3.05) is 7.11 Å². The lowest BCUT2D eigenvalue weighted by Gasteiger charge is -2.37. The molecule has 0 radical (unpaired) electrons. The van der Waals surface area contributed by atoms with E-state index in [1.165, 1.54) is 13.2 Å². The highest BCUT2D eigenvalue weighted by Crippen LogP contribution is 2.45. The number of aromatic carboxylic acids is 1. The molecule has 2 N–H and O–H groups in total. The van der Waals surface area contributed by atoms with Gasteiger partial charge in [-0.15, -0.1) is 0 Å². The first-order valence-corrected chi connectivity index (χ1v) is 9.22. The fourth-order valence-corrected chi connectivity index (χ4v) is 4.39. The van der Waals surface area contributed by atoms with Gasteiger partial charge in [-0.05, 0) is 43.4 Å². The number of ketones is 2. The zero-order valence-electron chi connectivity index (χ0n) is 15.1. The highest BCUT2D eigenvalue weighted by Gasteiger charge is 2.40. The van der Waals surface area contributed by atoms with Gasteiger partial charge < -0.3 is 15.2 Å².